The molecule has 1 saturated carbocycles. The van der Waals surface area contributed by atoms with Crippen LogP contribution in [-0.2, 0) is 22.6 Å². The zero-order valence-electron chi connectivity index (χ0n) is 32.5. The summed E-state index contributed by atoms with van der Waals surface area (Å²) in [5.41, 5.74) is 6.79. The maximum absolute atomic E-state index is 13.9. The van der Waals surface area contributed by atoms with Gasteiger partial charge >= 0.3 is 0 Å². The molecule has 2 aromatic heterocycles. The highest BCUT2D eigenvalue weighted by atomic mass is 19.3. The lowest BCUT2D eigenvalue weighted by atomic mass is 9.57. The second-order valence-electron chi connectivity index (χ2n) is 17.8. The number of ether oxygens (including phenoxy) is 1. The SMILES string of the molecule is C[C@@H]1Cc2c([nH]c3ccccc23)[C@@H](c2cnc(N3CC4(CC(CN5CCN6c7cc8c(cc7OC[C@@H]6C5)C(=O)N(C5CCC(=O)NC5=O)C8)C4)C3)nc2)N1CC(F)F. The van der Waals surface area contributed by atoms with Gasteiger partial charge in [-0.3, -0.25) is 29.5 Å². The molecule has 4 aromatic rings. The molecule has 58 heavy (non-hydrogen) atoms. The molecule has 1 spiro atoms. The number of alkyl halides is 2. The third-order valence-electron chi connectivity index (χ3n) is 14.0. The van der Waals surface area contributed by atoms with Gasteiger partial charge in [-0.1, -0.05) is 18.2 Å². The number of hydrogen-bond acceptors (Lipinski definition) is 10. The molecule has 0 radical (unpaired) electrons. The molecular formula is C43H47F2N9O4. The number of nitrogens with one attached hydrogen (secondary N) is 2. The highest BCUT2D eigenvalue weighted by molar-refractivity contribution is 6.06. The second kappa shape index (κ2) is 13.4. The van der Waals surface area contributed by atoms with E-state index in [-0.39, 0.29) is 42.9 Å². The van der Waals surface area contributed by atoms with Gasteiger partial charge in [0, 0.05) is 104 Å². The average molecular weight is 792 g/mol. The van der Waals surface area contributed by atoms with Gasteiger partial charge in [-0.05, 0) is 67.9 Å². The number of rotatable bonds is 7. The summed E-state index contributed by atoms with van der Waals surface area (Å²) in [7, 11) is 0. The first-order valence-corrected chi connectivity index (χ1v) is 20.7. The monoisotopic (exact) mass is 791 g/mol. The average Bonchev–Trinajstić information content (AvgIpc) is 3.70. The van der Waals surface area contributed by atoms with Crippen LogP contribution in [-0.4, -0.2) is 124 Å². The summed E-state index contributed by atoms with van der Waals surface area (Å²) in [6, 6.07) is 11.2. The number of hydrogen-bond donors (Lipinski definition) is 2. The molecule has 13 nitrogen and oxygen atoms in total. The summed E-state index contributed by atoms with van der Waals surface area (Å²) in [5, 5.41) is 3.53. The number of carbonyl (C=O) groups is 3. The number of halogens is 2. The van der Waals surface area contributed by atoms with Gasteiger partial charge in [0.15, 0.2) is 0 Å². The van der Waals surface area contributed by atoms with Gasteiger partial charge in [-0.25, -0.2) is 18.7 Å². The van der Waals surface area contributed by atoms with Crippen molar-refractivity contribution >= 4 is 40.3 Å². The van der Waals surface area contributed by atoms with E-state index in [1.54, 1.807) is 4.90 Å². The van der Waals surface area contributed by atoms with Crippen LogP contribution in [0.2, 0.25) is 0 Å². The Morgan fingerprint density at radius 1 is 1.03 bits per heavy atom. The van der Waals surface area contributed by atoms with Crippen LogP contribution in [0.5, 0.6) is 5.75 Å². The molecule has 4 fully saturated rings. The maximum atomic E-state index is 13.9. The highest BCUT2D eigenvalue weighted by Gasteiger charge is 2.53. The molecule has 7 aliphatic rings. The number of H-pyrrole nitrogens is 1. The summed E-state index contributed by atoms with van der Waals surface area (Å²) in [6.07, 6.45) is 4.88. The van der Waals surface area contributed by atoms with E-state index in [1.165, 1.54) is 18.4 Å². The minimum absolute atomic E-state index is 0.0562. The van der Waals surface area contributed by atoms with Crippen LogP contribution < -0.4 is 19.9 Å². The summed E-state index contributed by atoms with van der Waals surface area (Å²) >= 11 is 0. The molecule has 0 bridgehead atoms. The number of aromatic amines is 1. The Bertz CT molecular complexity index is 2320. The predicted molar refractivity (Wildman–Crippen MR) is 211 cm³/mol. The number of anilines is 2. The van der Waals surface area contributed by atoms with E-state index in [4.69, 9.17) is 14.7 Å². The van der Waals surface area contributed by atoms with Crippen molar-refractivity contribution in [1.82, 2.24) is 35.0 Å². The smallest absolute Gasteiger partial charge is 0.255 e. The fourth-order valence-electron chi connectivity index (χ4n) is 11.4. The minimum Gasteiger partial charge on any atom is -0.489 e. The quantitative estimate of drug-likeness (QED) is 0.264. The van der Waals surface area contributed by atoms with Gasteiger partial charge < -0.3 is 24.4 Å². The van der Waals surface area contributed by atoms with E-state index in [1.807, 2.05) is 48.5 Å². The van der Waals surface area contributed by atoms with Crippen LogP contribution in [0, 0.1) is 11.3 Å². The summed E-state index contributed by atoms with van der Waals surface area (Å²) in [4.78, 5) is 61.5. The number of piperazine rings is 1. The first-order chi connectivity index (χ1) is 28.1. The van der Waals surface area contributed by atoms with E-state index >= 15 is 0 Å². The van der Waals surface area contributed by atoms with Crippen molar-refractivity contribution in [2.45, 2.75) is 76.2 Å². The summed E-state index contributed by atoms with van der Waals surface area (Å²) in [5.74, 6) is 1.18. The lowest BCUT2D eigenvalue weighted by Crippen LogP contribution is -2.65. The molecule has 11 rings (SSSR count). The Kier molecular flexibility index (Phi) is 8.34. The number of imide groups is 1. The molecule has 4 atom stereocenters. The number of piperidine rings is 1. The van der Waals surface area contributed by atoms with Crippen LogP contribution in [0.15, 0.2) is 48.8 Å². The number of amides is 3. The van der Waals surface area contributed by atoms with E-state index in [0.29, 0.717) is 48.8 Å². The Hall–Kier alpha value is -5.15. The molecule has 302 valence electrons. The standard InChI is InChI=1S/C43H47F2N9O4/c1-24-10-31-29-4-2-3-5-32(29)48-38(31)39(53(24)20-36(44)45)27-15-46-42(47-16-27)51-22-43(23-51)13-25(14-43)17-50-8-9-52-28(19-50)21-58-35-12-30-26(11-34(35)52)18-54(41(30)57)33-6-7-37(55)49-40(33)56/h2-5,11-12,15-16,24-25,28,33,36,39,48H,6-10,13-14,17-23H2,1H3,(H,49,55,56)/t24-,28+,33?,39-/m1/s1. The maximum Gasteiger partial charge on any atom is 0.255 e. The fraction of sp³-hybridized carbons (Fsp3) is 0.512. The van der Waals surface area contributed by atoms with Crippen LogP contribution in [0.25, 0.3) is 10.9 Å². The number of nitrogens with zero attached hydrogens (tertiary/aromatic N) is 7. The molecule has 2 N–H and O–H groups in total. The molecular weight excluding hydrogens is 745 g/mol. The van der Waals surface area contributed by atoms with Gasteiger partial charge in [0.25, 0.3) is 12.3 Å². The first kappa shape index (κ1) is 36.0. The second-order valence-corrected chi connectivity index (χ2v) is 17.8. The third kappa shape index (κ3) is 5.86. The van der Waals surface area contributed by atoms with Gasteiger partial charge in [0.05, 0.1) is 24.3 Å². The Labute approximate surface area is 334 Å². The Morgan fingerprint density at radius 3 is 2.64 bits per heavy atom. The number of fused-ring (bicyclic) bond motifs is 7. The summed E-state index contributed by atoms with van der Waals surface area (Å²) in [6.45, 7) is 8.31. The van der Waals surface area contributed by atoms with Crippen LogP contribution in [0.4, 0.5) is 20.4 Å². The van der Waals surface area contributed by atoms with Gasteiger partial charge in [0.2, 0.25) is 17.8 Å². The van der Waals surface area contributed by atoms with Gasteiger partial charge in [0.1, 0.15) is 18.4 Å². The molecule has 3 amide bonds. The minimum atomic E-state index is -2.44. The zero-order valence-corrected chi connectivity index (χ0v) is 32.5. The van der Waals surface area contributed by atoms with E-state index in [9.17, 15) is 23.2 Å². The predicted octanol–water partition coefficient (Wildman–Crippen LogP) is 4.12. The van der Waals surface area contributed by atoms with Crippen LogP contribution in [0.1, 0.15) is 71.4 Å². The van der Waals surface area contributed by atoms with Gasteiger partial charge in [-0.2, -0.15) is 0 Å². The van der Waals surface area contributed by atoms with E-state index < -0.39 is 18.4 Å². The molecule has 6 aliphatic heterocycles. The van der Waals surface area contributed by atoms with Crippen molar-refractivity contribution in [1.29, 1.82) is 0 Å². The number of aromatic nitrogens is 3. The zero-order chi connectivity index (χ0) is 39.4. The third-order valence-corrected chi connectivity index (χ3v) is 14.0. The van der Waals surface area contributed by atoms with Crippen LogP contribution >= 0.6 is 0 Å². The topological polar surface area (TPSA) is 130 Å². The molecule has 1 unspecified atom stereocenters. The lowest BCUT2D eigenvalue weighted by Gasteiger charge is -2.60. The number of carbonyl (C=O) groups excluding carboxylic acids is 3. The fourth-order valence-corrected chi connectivity index (χ4v) is 11.4. The molecule has 2 aromatic carbocycles. The van der Waals surface area contributed by atoms with Crippen molar-refractivity contribution in [3.05, 3.63) is 76.7 Å². The van der Waals surface area contributed by atoms with E-state index in [0.717, 1.165) is 78.4 Å². The lowest BCUT2D eigenvalue weighted by molar-refractivity contribution is -0.136. The summed E-state index contributed by atoms with van der Waals surface area (Å²) < 4.78 is 34.0. The molecule has 15 heteroatoms. The van der Waals surface area contributed by atoms with Crippen molar-refractivity contribution in [2.75, 3.05) is 62.2 Å². The van der Waals surface area contributed by atoms with Crippen molar-refractivity contribution in [3.8, 4) is 5.75 Å². The molecule has 8 heterocycles. The highest BCUT2D eigenvalue weighted by Crippen LogP contribution is 2.53. The molecule has 3 saturated heterocycles. The largest absolute Gasteiger partial charge is 0.489 e. The van der Waals surface area contributed by atoms with Crippen molar-refractivity contribution < 1.29 is 27.9 Å². The number of benzene rings is 2. The molecule has 1 aliphatic carbocycles. The normalized spacial score (nSPS) is 26.9. The van der Waals surface area contributed by atoms with Gasteiger partial charge in [-0.15, -0.1) is 0 Å². The first-order valence-electron chi connectivity index (χ1n) is 20.7. The van der Waals surface area contributed by atoms with Crippen LogP contribution in [0.3, 0.4) is 0 Å². The van der Waals surface area contributed by atoms with Crippen molar-refractivity contribution in [3.63, 3.8) is 0 Å². The van der Waals surface area contributed by atoms with Crippen molar-refractivity contribution in [2.24, 2.45) is 11.3 Å². The number of para-hydroxylation sites is 1. The van der Waals surface area contributed by atoms with E-state index in [2.05, 4.69) is 37.1 Å². The Morgan fingerprint density at radius 2 is 1.84 bits per heavy atom. The Balaban J connectivity index is 0.698.